The molecule has 0 spiro atoms. The quantitative estimate of drug-likeness (QED) is 0.910. The SMILES string of the molecule is CN(C)C(=O)COc1ccc(CN)cc1Br. The Balaban J connectivity index is 2.64. The van der Waals surface area contributed by atoms with E-state index in [4.69, 9.17) is 10.5 Å². The Morgan fingerprint density at radius 2 is 2.19 bits per heavy atom. The van der Waals surface area contributed by atoms with E-state index in [1.807, 2.05) is 12.1 Å². The molecular formula is C11H15BrN2O2. The predicted octanol–water partition coefficient (Wildman–Crippen LogP) is 1.37. The van der Waals surface area contributed by atoms with E-state index in [1.54, 1.807) is 20.2 Å². The van der Waals surface area contributed by atoms with Crippen molar-refractivity contribution in [1.29, 1.82) is 0 Å². The topological polar surface area (TPSA) is 55.6 Å². The van der Waals surface area contributed by atoms with Gasteiger partial charge in [0, 0.05) is 20.6 Å². The third-order valence-corrected chi connectivity index (χ3v) is 2.70. The second kappa shape index (κ2) is 5.86. The van der Waals surface area contributed by atoms with Crippen molar-refractivity contribution in [1.82, 2.24) is 4.90 Å². The first-order valence-corrected chi connectivity index (χ1v) is 5.65. The minimum absolute atomic E-state index is 0.0353. The van der Waals surface area contributed by atoms with Crippen LogP contribution < -0.4 is 10.5 Å². The lowest BCUT2D eigenvalue weighted by Gasteiger charge is -2.12. The van der Waals surface area contributed by atoms with Crippen LogP contribution in [-0.4, -0.2) is 31.5 Å². The molecule has 1 amide bonds. The molecule has 0 aromatic heterocycles. The molecule has 1 rings (SSSR count). The van der Waals surface area contributed by atoms with Crippen LogP contribution in [0.5, 0.6) is 5.75 Å². The summed E-state index contributed by atoms with van der Waals surface area (Å²) in [5.74, 6) is 0.571. The number of likely N-dealkylation sites (N-methyl/N-ethyl adjacent to an activating group) is 1. The minimum Gasteiger partial charge on any atom is -0.483 e. The zero-order valence-electron chi connectivity index (χ0n) is 9.37. The fourth-order valence-electron chi connectivity index (χ4n) is 1.06. The molecule has 0 saturated carbocycles. The summed E-state index contributed by atoms with van der Waals surface area (Å²) in [7, 11) is 3.39. The van der Waals surface area contributed by atoms with E-state index in [9.17, 15) is 4.79 Å². The highest BCUT2D eigenvalue weighted by Crippen LogP contribution is 2.25. The van der Waals surface area contributed by atoms with E-state index in [2.05, 4.69) is 15.9 Å². The summed E-state index contributed by atoms with van der Waals surface area (Å²) in [5, 5.41) is 0. The fraction of sp³-hybridized carbons (Fsp3) is 0.364. The summed E-state index contributed by atoms with van der Waals surface area (Å²) in [6.07, 6.45) is 0. The average molecular weight is 287 g/mol. The van der Waals surface area contributed by atoms with E-state index in [0.717, 1.165) is 10.0 Å². The van der Waals surface area contributed by atoms with Crippen molar-refractivity contribution in [3.63, 3.8) is 0 Å². The van der Waals surface area contributed by atoms with Crippen LogP contribution in [0.25, 0.3) is 0 Å². The first kappa shape index (κ1) is 13.0. The number of ether oxygens (including phenoxy) is 1. The average Bonchev–Trinajstić information content (AvgIpc) is 2.26. The molecule has 1 aromatic carbocycles. The van der Waals surface area contributed by atoms with Gasteiger partial charge in [0.25, 0.3) is 5.91 Å². The number of nitrogens with zero attached hydrogens (tertiary/aromatic N) is 1. The van der Waals surface area contributed by atoms with Crippen molar-refractivity contribution in [2.75, 3.05) is 20.7 Å². The number of hydrogen-bond donors (Lipinski definition) is 1. The van der Waals surface area contributed by atoms with Gasteiger partial charge in [0.2, 0.25) is 0 Å². The number of benzene rings is 1. The number of hydrogen-bond acceptors (Lipinski definition) is 3. The summed E-state index contributed by atoms with van der Waals surface area (Å²) < 4.78 is 6.19. The zero-order chi connectivity index (χ0) is 12.1. The van der Waals surface area contributed by atoms with Crippen LogP contribution in [0.2, 0.25) is 0 Å². The van der Waals surface area contributed by atoms with E-state index in [1.165, 1.54) is 4.90 Å². The predicted molar refractivity (Wildman–Crippen MR) is 66.2 cm³/mol. The standard InChI is InChI=1S/C11H15BrN2O2/c1-14(2)11(15)7-16-10-4-3-8(6-13)5-9(10)12/h3-5H,6-7,13H2,1-2H3. The Labute approximate surface area is 103 Å². The maximum absolute atomic E-state index is 11.3. The lowest BCUT2D eigenvalue weighted by atomic mass is 10.2. The van der Waals surface area contributed by atoms with Crippen LogP contribution in [0.3, 0.4) is 0 Å². The van der Waals surface area contributed by atoms with Gasteiger partial charge in [0.1, 0.15) is 5.75 Å². The van der Waals surface area contributed by atoms with Gasteiger partial charge in [0.05, 0.1) is 4.47 Å². The van der Waals surface area contributed by atoms with Gasteiger partial charge >= 0.3 is 0 Å². The first-order chi connectivity index (χ1) is 7.54. The van der Waals surface area contributed by atoms with Crippen molar-refractivity contribution in [3.05, 3.63) is 28.2 Å². The lowest BCUT2D eigenvalue weighted by Crippen LogP contribution is -2.27. The molecule has 1 aromatic rings. The fourth-order valence-corrected chi connectivity index (χ4v) is 1.60. The van der Waals surface area contributed by atoms with Crippen LogP contribution in [0.15, 0.2) is 22.7 Å². The van der Waals surface area contributed by atoms with E-state index in [0.29, 0.717) is 12.3 Å². The Morgan fingerprint density at radius 3 is 2.69 bits per heavy atom. The van der Waals surface area contributed by atoms with E-state index < -0.39 is 0 Å². The van der Waals surface area contributed by atoms with Crippen LogP contribution >= 0.6 is 15.9 Å². The van der Waals surface area contributed by atoms with Gasteiger partial charge in [-0.15, -0.1) is 0 Å². The number of halogens is 1. The molecule has 5 heteroatoms. The van der Waals surface area contributed by atoms with Crippen molar-refractivity contribution < 1.29 is 9.53 Å². The molecule has 0 atom stereocenters. The Morgan fingerprint density at radius 1 is 1.50 bits per heavy atom. The smallest absolute Gasteiger partial charge is 0.259 e. The van der Waals surface area contributed by atoms with E-state index in [-0.39, 0.29) is 12.5 Å². The molecule has 0 bridgehead atoms. The molecule has 4 nitrogen and oxygen atoms in total. The third kappa shape index (κ3) is 3.50. The molecule has 0 aliphatic rings. The van der Waals surface area contributed by atoms with Gasteiger partial charge < -0.3 is 15.4 Å². The summed E-state index contributed by atoms with van der Waals surface area (Å²) in [4.78, 5) is 12.8. The van der Waals surface area contributed by atoms with Gasteiger partial charge in [-0.05, 0) is 33.6 Å². The largest absolute Gasteiger partial charge is 0.483 e. The Bertz CT molecular complexity index is 380. The molecule has 0 aliphatic heterocycles. The number of carbonyl (C=O) groups is 1. The van der Waals surface area contributed by atoms with Gasteiger partial charge in [-0.2, -0.15) is 0 Å². The summed E-state index contributed by atoms with van der Waals surface area (Å²) in [6, 6.07) is 5.56. The highest BCUT2D eigenvalue weighted by Gasteiger charge is 2.07. The van der Waals surface area contributed by atoms with E-state index >= 15 is 0 Å². The molecule has 0 radical (unpaired) electrons. The van der Waals surface area contributed by atoms with Crippen LogP contribution in [0.1, 0.15) is 5.56 Å². The Kier molecular flexibility index (Phi) is 4.76. The van der Waals surface area contributed by atoms with Crippen molar-refractivity contribution >= 4 is 21.8 Å². The van der Waals surface area contributed by atoms with Crippen LogP contribution in [0, 0.1) is 0 Å². The summed E-state index contributed by atoms with van der Waals surface area (Å²) in [5.41, 5.74) is 6.52. The van der Waals surface area contributed by atoms with Gasteiger partial charge in [-0.3, -0.25) is 4.79 Å². The molecule has 16 heavy (non-hydrogen) atoms. The second-order valence-corrected chi connectivity index (χ2v) is 4.40. The minimum atomic E-state index is -0.0743. The maximum atomic E-state index is 11.3. The third-order valence-electron chi connectivity index (χ3n) is 2.08. The first-order valence-electron chi connectivity index (χ1n) is 4.86. The van der Waals surface area contributed by atoms with Gasteiger partial charge in [-0.1, -0.05) is 6.07 Å². The van der Waals surface area contributed by atoms with Crippen LogP contribution in [0.4, 0.5) is 0 Å². The lowest BCUT2D eigenvalue weighted by molar-refractivity contribution is -0.130. The monoisotopic (exact) mass is 286 g/mol. The van der Waals surface area contributed by atoms with Gasteiger partial charge in [-0.25, -0.2) is 0 Å². The summed E-state index contributed by atoms with van der Waals surface area (Å²) >= 11 is 3.37. The molecule has 0 saturated heterocycles. The second-order valence-electron chi connectivity index (χ2n) is 3.55. The number of rotatable bonds is 4. The van der Waals surface area contributed by atoms with Gasteiger partial charge in [0.15, 0.2) is 6.61 Å². The molecule has 0 heterocycles. The molecule has 0 aliphatic carbocycles. The maximum Gasteiger partial charge on any atom is 0.259 e. The van der Waals surface area contributed by atoms with Crippen molar-refractivity contribution in [2.24, 2.45) is 5.73 Å². The van der Waals surface area contributed by atoms with Crippen LogP contribution in [-0.2, 0) is 11.3 Å². The van der Waals surface area contributed by atoms with Crippen molar-refractivity contribution in [3.8, 4) is 5.75 Å². The van der Waals surface area contributed by atoms with Crippen molar-refractivity contribution in [2.45, 2.75) is 6.54 Å². The molecule has 88 valence electrons. The molecule has 0 fully saturated rings. The molecule has 2 N–H and O–H groups in total. The molecule has 0 unspecified atom stereocenters. The zero-order valence-corrected chi connectivity index (χ0v) is 11.0. The Hall–Kier alpha value is -1.07. The highest BCUT2D eigenvalue weighted by molar-refractivity contribution is 9.10. The molecular weight excluding hydrogens is 272 g/mol. The summed E-state index contributed by atoms with van der Waals surface area (Å²) in [6.45, 7) is 0.517. The highest BCUT2D eigenvalue weighted by atomic mass is 79.9. The number of amides is 1. The number of nitrogens with two attached hydrogens (primary N) is 1. The number of carbonyl (C=O) groups excluding carboxylic acids is 1. The normalized spacial score (nSPS) is 10.0.